The summed E-state index contributed by atoms with van der Waals surface area (Å²) in [5.41, 5.74) is 8.95. The lowest BCUT2D eigenvalue weighted by Gasteiger charge is -2.36. The molecule has 1 aliphatic heterocycles. The molecule has 40 heavy (non-hydrogen) atoms. The number of benzene rings is 1. The molecular weight excluding hydrogens is 519 g/mol. The molecule has 4 aromatic heterocycles. The lowest BCUT2D eigenvalue weighted by molar-refractivity contribution is -0.137. The average molecular weight is 549 g/mol. The van der Waals surface area contributed by atoms with Gasteiger partial charge in [-0.05, 0) is 36.8 Å². The van der Waals surface area contributed by atoms with E-state index < -0.39 is 5.97 Å². The third-order valence-electron chi connectivity index (χ3n) is 7.07. The molecule has 208 valence electrons. The summed E-state index contributed by atoms with van der Waals surface area (Å²) in [6.45, 7) is 4.56. The number of aromatic nitrogens is 5. The van der Waals surface area contributed by atoms with Gasteiger partial charge in [-0.15, -0.1) is 0 Å². The normalized spacial score (nSPS) is 14.4. The summed E-state index contributed by atoms with van der Waals surface area (Å²) in [4.78, 5) is 19.5. The van der Waals surface area contributed by atoms with Gasteiger partial charge in [-0.1, -0.05) is 0 Å². The summed E-state index contributed by atoms with van der Waals surface area (Å²) >= 11 is 0. The zero-order valence-electron chi connectivity index (χ0n) is 21.7. The molecular formula is C27H29FN8O4. The average Bonchev–Trinajstić information content (AvgIpc) is 3.70. The van der Waals surface area contributed by atoms with E-state index in [2.05, 4.69) is 20.1 Å². The van der Waals surface area contributed by atoms with Crippen LogP contribution in [-0.2, 0) is 11.3 Å². The summed E-state index contributed by atoms with van der Waals surface area (Å²) in [6, 6.07) is 10.4. The molecule has 12 nitrogen and oxygen atoms in total. The maximum absolute atomic E-state index is 14.8. The van der Waals surface area contributed by atoms with E-state index in [0.29, 0.717) is 54.6 Å². The first-order valence-electron chi connectivity index (χ1n) is 13.1. The Bertz CT molecular complexity index is 1640. The monoisotopic (exact) mass is 548 g/mol. The van der Waals surface area contributed by atoms with Crippen molar-refractivity contribution in [2.24, 2.45) is 0 Å². The summed E-state index contributed by atoms with van der Waals surface area (Å²) in [7, 11) is 0. The highest BCUT2D eigenvalue weighted by Gasteiger charge is 2.21. The maximum Gasteiger partial charge on any atom is 0.303 e. The molecule has 0 unspecified atom stereocenters. The highest BCUT2D eigenvalue weighted by Crippen LogP contribution is 2.27. The quantitative estimate of drug-likeness (QED) is 0.250. The second kappa shape index (κ2) is 10.8. The van der Waals surface area contributed by atoms with Gasteiger partial charge in [0.1, 0.15) is 17.3 Å². The van der Waals surface area contributed by atoms with Crippen LogP contribution in [0.4, 0.5) is 16.0 Å². The molecule has 13 heteroatoms. The van der Waals surface area contributed by atoms with Gasteiger partial charge >= 0.3 is 5.97 Å². The molecule has 0 bridgehead atoms. The summed E-state index contributed by atoms with van der Waals surface area (Å²) in [5, 5.41) is 18.7. The van der Waals surface area contributed by atoms with Gasteiger partial charge in [-0.2, -0.15) is 19.7 Å². The number of hydrogen-bond donors (Lipinski definition) is 2. The SMILES string of the molecule is Nc1nc2c(cnn2CCN2CCN(c3ccc(OCCCC(=O)O)cc3F)CC2)c2cc(-c3ccco3)nn12. The van der Waals surface area contributed by atoms with Gasteiger partial charge in [0.05, 0.1) is 42.2 Å². The van der Waals surface area contributed by atoms with Crippen molar-refractivity contribution in [3.63, 3.8) is 0 Å². The number of nitrogen functional groups attached to an aromatic ring is 1. The second-order valence-electron chi connectivity index (χ2n) is 9.67. The Hall–Kier alpha value is -4.65. The first-order chi connectivity index (χ1) is 19.5. The van der Waals surface area contributed by atoms with Crippen molar-refractivity contribution in [1.82, 2.24) is 29.3 Å². The Balaban J connectivity index is 1.06. The van der Waals surface area contributed by atoms with Crippen LogP contribution in [0.3, 0.4) is 0 Å². The number of nitrogens with zero attached hydrogens (tertiary/aromatic N) is 7. The van der Waals surface area contributed by atoms with Crippen molar-refractivity contribution in [1.29, 1.82) is 0 Å². The fraction of sp³-hybridized carbons (Fsp3) is 0.333. The highest BCUT2D eigenvalue weighted by atomic mass is 19.1. The molecule has 0 spiro atoms. The molecule has 0 atom stereocenters. The number of halogens is 1. The second-order valence-corrected chi connectivity index (χ2v) is 9.67. The Kier molecular flexibility index (Phi) is 6.95. The molecule has 5 aromatic rings. The van der Waals surface area contributed by atoms with Crippen LogP contribution in [0.1, 0.15) is 12.8 Å². The lowest BCUT2D eigenvalue weighted by Crippen LogP contribution is -2.47. The molecule has 0 saturated carbocycles. The molecule has 0 aliphatic carbocycles. The van der Waals surface area contributed by atoms with Crippen LogP contribution < -0.4 is 15.4 Å². The first kappa shape index (κ1) is 25.6. The topological polar surface area (TPSA) is 140 Å². The van der Waals surface area contributed by atoms with E-state index in [1.165, 1.54) is 6.07 Å². The molecule has 1 aromatic carbocycles. The number of rotatable bonds is 10. The zero-order valence-corrected chi connectivity index (χ0v) is 21.7. The van der Waals surface area contributed by atoms with E-state index in [-0.39, 0.29) is 24.8 Å². The Morgan fingerprint density at radius 1 is 1.15 bits per heavy atom. The summed E-state index contributed by atoms with van der Waals surface area (Å²) < 4.78 is 29.2. The van der Waals surface area contributed by atoms with Gasteiger partial charge in [0.25, 0.3) is 0 Å². The molecule has 1 aliphatic rings. The number of carbonyl (C=O) groups is 1. The third-order valence-corrected chi connectivity index (χ3v) is 7.07. The van der Waals surface area contributed by atoms with Crippen LogP contribution in [0, 0.1) is 5.82 Å². The Labute approximate surface area is 228 Å². The van der Waals surface area contributed by atoms with Crippen LogP contribution in [0.2, 0.25) is 0 Å². The number of ether oxygens (including phenoxy) is 1. The standard InChI is InChI=1S/C27H29FN8O4/c28-20-15-18(39-13-2-4-25(37)38)5-6-22(20)34-10-7-33(8-11-34)9-12-35-26-19(17-30-35)23-16-21(24-3-1-14-40-24)32-36(23)27(29)31-26/h1,3,5-6,14-17H,2,4,7-13H2,(H2,29,31)(H,37,38). The molecule has 1 fully saturated rings. The third kappa shape index (κ3) is 5.15. The minimum Gasteiger partial charge on any atom is -0.493 e. The highest BCUT2D eigenvalue weighted by molar-refractivity contribution is 5.93. The number of piperazine rings is 1. The van der Waals surface area contributed by atoms with Gasteiger partial charge in [-0.25, -0.2) is 9.07 Å². The first-order valence-corrected chi connectivity index (χ1v) is 13.1. The fourth-order valence-corrected chi connectivity index (χ4v) is 4.99. The molecule has 0 amide bonds. The van der Waals surface area contributed by atoms with Crippen LogP contribution in [0.25, 0.3) is 28.0 Å². The van der Waals surface area contributed by atoms with E-state index in [0.717, 1.165) is 30.5 Å². The summed E-state index contributed by atoms with van der Waals surface area (Å²) in [5.74, 6) is 0.0997. The smallest absolute Gasteiger partial charge is 0.303 e. The Morgan fingerprint density at radius 3 is 2.75 bits per heavy atom. The van der Waals surface area contributed by atoms with Gasteiger partial charge in [0.2, 0.25) is 5.95 Å². The van der Waals surface area contributed by atoms with Crippen molar-refractivity contribution < 1.29 is 23.4 Å². The van der Waals surface area contributed by atoms with Crippen molar-refractivity contribution in [3.05, 3.63) is 54.7 Å². The fourth-order valence-electron chi connectivity index (χ4n) is 4.99. The molecule has 5 heterocycles. The van der Waals surface area contributed by atoms with E-state index in [9.17, 15) is 9.18 Å². The van der Waals surface area contributed by atoms with Crippen LogP contribution >= 0.6 is 0 Å². The van der Waals surface area contributed by atoms with E-state index in [4.69, 9.17) is 20.0 Å². The number of carboxylic acids is 1. The number of carboxylic acid groups (broad SMARTS) is 1. The molecule has 3 N–H and O–H groups in total. The Morgan fingerprint density at radius 2 is 2.00 bits per heavy atom. The van der Waals surface area contributed by atoms with Crippen molar-refractivity contribution in [2.45, 2.75) is 19.4 Å². The van der Waals surface area contributed by atoms with E-state index in [1.54, 1.807) is 29.1 Å². The minimum atomic E-state index is -0.875. The zero-order chi connectivity index (χ0) is 27.6. The minimum absolute atomic E-state index is 0.0218. The lowest BCUT2D eigenvalue weighted by atomic mass is 10.2. The molecule has 0 radical (unpaired) electrons. The molecule has 1 saturated heterocycles. The predicted octanol–water partition coefficient (Wildman–Crippen LogP) is 3.13. The maximum atomic E-state index is 14.8. The van der Waals surface area contributed by atoms with Crippen molar-refractivity contribution >= 4 is 34.2 Å². The van der Waals surface area contributed by atoms with E-state index >= 15 is 0 Å². The number of fused-ring (bicyclic) bond motifs is 3. The number of anilines is 2. The van der Waals surface area contributed by atoms with Crippen LogP contribution in [0.15, 0.2) is 53.3 Å². The van der Waals surface area contributed by atoms with Gasteiger partial charge in [0.15, 0.2) is 11.4 Å². The van der Waals surface area contributed by atoms with Gasteiger partial charge in [-0.3, -0.25) is 9.69 Å². The van der Waals surface area contributed by atoms with Crippen molar-refractivity contribution in [2.75, 3.05) is 50.0 Å². The summed E-state index contributed by atoms with van der Waals surface area (Å²) in [6.07, 6.45) is 3.78. The number of aliphatic carboxylic acids is 1. The number of nitrogens with two attached hydrogens (primary N) is 1. The van der Waals surface area contributed by atoms with Gasteiger partial charge < -0.3 is 24.9 Å². The molecule has 6 rings (SSSR count). The van der Waals surface area contributed by atoms with Gasteiger partial charge in [0, 0.05) is 45.2 Å². The van der Waals surface area contributed by atoms with E-state index in [1.807, 2.05) is 27.8 Å². The van der Waals surface area contributed by atoms with Crippen LogP contribution in [-0.4, -0.2) is 79.7 Å². The van der Waals surface area contributed by atoms with Crippen LogP contribution in [0.5, 0.6) is 5.75 Å². The largest absolute Gasteiger partial charge is 0.493 e. The number of furan rings is 1. The number of hydrogen-bond acceptors (Lipinski definition) is 9. The predicted molar refractivity (Wildman–Crippen MR) is 146 cm³/mol. The van der Waals surface area contributed by atoms with Crippen molar-refractivity contribution in [3.8, 4) is 17.2 Å².